The van der Waals surface area contributed by atoms with E-state index in [4.69, 9.17) is 14.2 Å². The lowest BCUT2D eigenvalue weighted by Gasteiger charge is -2.17. The summed E-state index contributed by atoms with van der Waals surface area (Å²) in [6.07, 6.45) is 6.02. The number of hydrogen-bond acceptors (Lipinski definition) is 9. The van der Waals surface area contributed by atoms with Crippen LogP contribution in [0.2, 0.25) is 0 Å². The number of nitrogens with one attached hydrogen (secondary N) is 1. The third kappa shape index (κ3) is 4.13. The molecule has 2 fully saturated rings. The normalized spacial score (nSPS) is 21.3. The Morgan fingerprint density at radius 1 is 1.24 bits per heavy atom. The van der Waals surface area contributed by atoms with Crippen LogP contribution in [-0.4, -0.2) is 51.5 Å². The van der Waals surface area contributed by atoms with Crippen molar-refractivity contribution in [2.24, 2.45) is 0 Å². The van der Waals surface area contributed by atoms with Gasteiger partial charge >= 0.3 is 0 Å². The second-order valence-corrected chi connectivity index (χ2v) is 9.01. The number of amides is 1. The SMILES string of the molecule is COc1cnc(C)c(F)c1-c1cc(C)ncc1C(=O)Nc1nnc(OC2CC3CCC2O3)s1. The predicted octanol–water partition coefficient (Wildman–Crippen LogP) is 3.71. The van der Waals surface area contributed by atoms with Gasteiger partial charge in [0, 0.05) is 23.9 Å². The van der Waals surface area contributed by atoms with Gasteiger partial charge in [-0.15, -0.1) is 5.10 Å². The Labute approximate surface area is 193 Å². The second kappa shape index (κ2) is 8.64. The van der Waals surface area contributed by atoms with E-state index in [9.17, 15) is 4.79 Å². The summed E-state index contributed by atoms with van der Waals surface area (Å²) in [5, 5.41) is 11.4. The van der Waals surface area contributed by atoms with Crippen LogP contribution in [0.15, 0.2) is 18.5 Å². The maximum Gasteiger partial charge on any atom is 0.296 e. The third-order valence-electron chi connectivity index (χ3n) is 5.86. The fraction of sp³-hybridized carbons (Fsp3) is 0.409. The Kier molecular flexibility index (Phi) is 5.67. The van der Waals surface area contributed by atoms with E-state index in [1.165, 1.54) is 19.5 Å². The molecular formula is C22H22FN5O4S. The van der Waals surface area contributed by atoms with Gasteiger partial charge in [-0.05, 0) is 44.1 Å². The zero-order valence-corrected chi connectivity index (χ0v) is 19.1. The van der Waals surface area contributed by atoms with E-state index in [0.717, 1.165) is 30.6 Å². The van der Waals surface area contributed by atoms with Crippen molar-refractivity contribution in [3.8, 4) is 22.1 Å². The average molecular weight is 472 g/mol. The molecule has 1 N–H and O–H groups in total. The van der Waals surface area contributed by atoms with Gasteiger partial charge in [0.15, 0.2) is 5.82 Å². The summed E-state index contributed by atoms with van der Waals surface area (Å²) in [5.74, 6) is -0.842. The van der Waals surface area contributed by atoms with Gasteiger partial charge in [0.2, 0.25) is 5.13 Å². The fourth-order valence-corrected chi connectivity index (χ4v) is 4.88. The van der Waals surface area contributed by atoms with E-state index >= 15 is 4.39 Å². The standard InChI is InChI=1S/C22H22FN5O4S/c1-10-6-13(18-17(30-3)9-25-11(2)19(18)23)14(8-24-10)20(29)26-21-27-28-22(33-21)32-16-7-12-4-5-15(16)31-12/h6,8-9,12,15-16H,4-5,7H2,1-3H3,(H,26,27,29). The largest absolute Gasteiger partial charge is 0.494 e. The van der Waals surface area contributed by atoms with Gasteiger partial charge in [-0.1, -0.05) is 5.10 Å². The molecule has 2 aliphatic rings. The smallest absolute Gasteiger partial charge is 0.296 e. The van der Waals surface area contributed by atoms with Gasteiger partial charge in [0.25, 0.3) is 11.1 Å². The minimum Gasteiger partial charge on any atom is -0.494 e. The lowest BCUT2D eigenvalue weighted by Crippen LogP contribution is -2.28. The Morgan fingerprint density at radius 2 is 2.09 bits per heavy atom. The average Bonchev–Trinajstić information content (AvgIpc) is 3.53. The molecule has 2 aliphatic heterocycles. The molecule has 33 heavy (non-hydrogen) atoms. The number of aryl methyl sites for hydroxylation is 2. The Morgan fingerprint density at radius 3 is 2.82 bits per heavy atom. The van der Waals surface area contributed by atoms with E-state index in [-0.39, 0.29) is 46.0 Å². The molecule has 0 spiro atoms. The topological polar surface area (TPSA) is 108 Å². The molecule has 9 nitrogen and oxygen atoms in total. The molecule has 0 aromatic carbocycles. The quantitative estimate of drug-likeness (QED) is 0.580. The summed E-state index contributed by atoms with van der Waals surface area (Å²) < 4.78 is 32.1. The summed E-state index contributed by atoms with van der Waals surface area (Å²) in [7, 11) is 1.42. The Bertz CT molecular complexity index is 1220. The summed E-state index contributed by atoms with van der Waals surface area (Å²) in [6.45, 7) is 3.31. The lowest BCUT2D eigenvalue weighted by molar-refractivity contribution is 0.0636. The lowest BCUT2D eigenvalue weighted by atomic mass is 9.98. The molecular weight excluding hydrogens is 449 g/mol. The van der Waals surface area contributed by atoms with Crippen molar-refractivity contribution in [2.45, 2.75) is 51.4 Å². The second-order valence-electron chi connectivity index (χ2n) is 8.07. The van der Waals surface area contributed by atoms with Gasteiger partial charge in [0.1, 0.15) is 11.9 Å². The molecule has 2 bridgehead atoms. The molecule has 3 unspecified atom stereocenters. The minimum absolute atomic E-state index is 0.0430. The molecule has 0 radical (unpaired) electrons. The number of methoxy groups -OCH3 is 1. The van der Waals surface area contributed by atoms with E-state index < -0.39 is 11.7 Å². The van der Waals surface area contributed by atoms with Crippen molar-refractivity contribution in [3.63, 3.8) is 0 Å². The van der Waals surface area contributed by atoms with Crippen LogP contribution < -0.4 is 14.8 Å². The van der Waals surface area contributed by atoms with Crippen molar-refractivity contribution in [1.82, 2.24) is 20.2 Å². The summed E-state index contributed by atoms with van der Waals surface area (Å²) in [4.78, 5) is 21.3. The van der Waals surface area contributed by atoms with Crippen LogP contribution in [0.1, 0.15) is 41.0 Å². The first-order valence-electron chi connectivity index (χ1n) is 10.6. The maximum absolute atomic E-state index is 15.1. The number of rotatable bonds is 6. The van der Waals surface area contributed by atoms with Crippen molar-refractivity contribution in [1.29, 1.82) is 0 Å². The van der Waals surface area contributed by atoms with Crippen molar-refractivity contribution in [3.05, 3.63) is 41.2 Å². The highest BCUT2D eigenvalue weighted by molar-refractivity contribution is 7.17. The number of nitrogens with zero attached hydrogens (tertiary/aromatic N) is 4. The molecule has 3 atom stereocenters. The van der Waals surface area contributed by atoms with Gasteiger partial charge in [-0.25, -0.2) is 4.39 Å². The molecule has 0 saturated carbocycles. The molecule has 5 rings (SSSR count). The zero-order valence-electron chi connectivity index (χ0n) is 18.3. The maximum atomic E-state index is 15.1. The molecule has 172 valence electrons. The molecule has 3 aromatic rings. The van der Waals surface area contributed by atoms with E-state index in [1.807, 2.05) is 0 Å². The van der Waals surface area contributed by atoms with Gasteiger partial charge in [0.05, 0.1) is 42.3 Å². The first kappa shape index (κ1) is 21.7. The van der Waals surface area contributed by atoms with E-state index in [0.29, 0.717) is 16.5 Å². The highest BCUT2D eigenvalue weighted by Crippen LogP contribution is 2.38. The Hall–Kier alpha value is -3.18. The molecule has 3 aromatic heterocycles. The number of ether oxygens (including phenoxy) is 3. The van der Waals surface area contributed by atoms with E-state index in [1.54, 1.807) is 19.9 Å². The van der Waals surface area contributed by atoms with Crippen molar-refractivity contribution < 1.29 is 23.4 Å². The molecule has 1 amide bonds. The Balaban J connectivity index is 1.39. The number of carbonyl (C=O) groups excluding carboxylic acids is 1. The van der Waals surface area contributed by atoms with Crippen LogP contribution in [0.3, 0.4) is 0 Å². The number of carbonyl (C=O) groups is 1. The van der Waals surface area contributed by atoms with Crippen LogP contribution in [0.4, 0.5) is 9.52 Å². The van der Waals surface area contributed by atoms with E-state index in [2.05, 4.69) is 25.5 Å². The third-order valence-corrected chi connectivity index (χ3v) is 6.59. The van der Waals surface area contributed by atoms with Crippen LogP contribution in [0.5, 0.6) is 10.9 Å². The van der Waals surface area contributed by atoms with Gasteiger partial charge in [-0.2, -0.15) is 0 Å². The van der Waals surface area contributed by atoms with Crippen LogP contribution in [0.25, 0.3) is 11.1 Å². The van der Waals surface area contributed by atoms with Crippen LogP contribution in [0, 0.1) is 19.7 Å². The first-order chi connectivity index (χ1) is 15.9. The number of anilines is 1. The van der Waals surface area contributed by atoms with Gasteiger partial charge in [-0.3, -0.25) is 20.1 Å². The summed E-state index contributed by atoms with van der Waals surface area (Å²) in [6, 6.07) is 1.64. The number of aromatic nitrogens is 4. The summed E-state index contributed by atoms with van der Waals surface area (Å²) >= 11 is 1.13. The molecule has 0 aliphatic carbocycles. The highest BCUT2D eigenvalue weighted by atomic mass is 32.1. The molecule has 11 heteroatoms. The van der Waals surface area contributed by atoms with Crippen LogP contribution >= 0.6 is 11.3 Å². The summed E-state index contributed by atoms with van der Waals surface area (Å²) in [5.41, 5.74) is 1.49. The van der Waals surface area contributed by atoms with Crippen molar-refractivity contribution >= 4 is 22.4 Å². The number of pyridine rings is 2. The zero-order chi connectivity index (χ0) is 23.1. The number of fused-ring (bicyclic) bond motifs is 2. The van der Waals surface area contributed by atoms with Crippen molar-refractivity contribution in [2.75, 3.05) is 12.4 Å². The minimum atomic E-state index is -0.561. The van der Waals surface area contributed by atoms with Gasteiger partial charge < -0.3 is 14.2 Å². The monoisotopic (exact) mass is 471 g/mol. The fourth-order valence-electron chi connectivity index (χ4n) is 4.24. The predicted molar refractivity (Wildman–Crippen MR) is 118 cm³/mol. The number of halogens is 1. The van der Waals surface area contributed by atoms with Crippen LogP contribution in [-0.2, 0) is 4.74 Å². The first-order valence-corrected chi connectivity index (χ1v) is 11.4. The molecule has 5 heterocycles. The number of hydrogen-bond donors (Lipinski definition) is 1. The molecule has 2 saturated heterocycles. The highest BCUT2D eigenvalue weighted by Gasteiger charge is 2.42.